The fraction of sp³-hybridized carbons (Fsp3) is 0.462. The number of carbonyl (C=O) groups is 1. The van der Waals surface area contributed by atoms with E-state index in [0.29, 0.717) is 19.5 Å². The summed E-state index contributed by atoms with van der Waals surface area (Å²) < 4.78 is 0. The average Bonchev–Trinajstić information content (AvgIpc) is 3.24. The van der Waals surface area contributed by atoms with E-state index in [0.717, 1.165) is 38.6 Å². The van der Waals surface area contributed by atoms with Crippen LogP contribution < -0.4 is 10.6 Å². The molecule has 1 amide bonds. The molecule has 0 aromatic heterocycles. The minimum Gasteiger partial charge on any atom is -0.354 e. The van der Waals surface area contributed by atoms with Gasteiger partial charge in [0, 0.05) is 39.6 Å². The minimum absolute atomic E-state index is 0. The highest BCUT2D eigenvalue weighted by molar-refractivity contribution is 14.0. The first-order valence-corrected chi connectivity index (χ1v) is 11.7. The van der Waals surface area contributed by atoms with Crippen molar-refractivity contribution in [3.8, 4) is 0 Å². The Balaban J connectivity index is 0.00000385. The molecule has 2 aromatic carbocycles. The number of carbonyl (C=O) groups excluding carboxylic acids is 1. The van der Waals surface area contributed by atoms with Crippen molar-refractivity contribution < 1.29 is 4.79 Å². The highest BCUT2D eigenvalue weighted by atomic mass is 127. The molecule has 3 rings (SSSR count). The molecule has 6 nitrogen and oxygen atoms in total. The summed E-state index contributed by atoms with van der Waals surface area (Å²) in [5.41, 5.74) is 3.68. The summed E-state index contributed by atoms with van der Waals surface area (Å²) in [6, 6.07) is 19.4. The number of hydrogen-bond acceptors (Lipinski definition) is 3. The van der Waals surface area contributed by atoms with Gasteiger partial charge in [-0.1, -0.05) is 68.4 Å². The van der Waals surface area contributed by atoms with Crippen molar-refractivity contribution in [3.63, 3.8) is 0 Å². The molecule has 1 fully saturated rings. The lowest BCUT2D eigenvalue weighted by Gasteiger charge is -2.30. The molecule has 180 valence electrons. The van der Waals surface area contributed by atoms with Gasteiger partial charge in [0.05, 0.1) is 6.04 Å². The maximum Gasteiger partial charge on any atom is 0.222 e. The quantitative estimate of drug-likeness (QED) is 0.259. The first-order valence-electron chi connectivity index (χ1n) is 11.7. The van der Waals surface area contributed by atoms with Gasteiger partial charge in [-0.3, -0.25) is 14.7 Å². The predicted octanol–water partition coefficient (Wildman–Crippen LogP) is 4.18. The molecule has 0 aliphatic carbocycles. The summed E-state index contributed by atoms with van der Waals surface area (Å²) in [4.78, 5) is 20.6. The van der Waals surface area contributed by atoms with Crippen LogP contribution >= 0.6 is 24.0 Å². The molecule has 1 heterocycles. The molecule has 2 N–H and O–H groups in total. The number of nitrogens with one attached hydrogen (secondary N) is 2. The molecule has 1 saturated heterocycles. The molecule has 1 atom stereocenters. The molecule has 1 aliphatic rings. The van der Waals surface area contributed by atoms with Crippen LogP contribution in [-0.4, -0.2) is 54.9 Å². The Hall–Kier alpha value is -2.13. The van der Waals surface area contributed by atoms with E-state index in [9.17, 15) is 4.79 Å². The highest BCUT2D eigenvalue weighted by Gasteiger charge is 2.20. The van der Waals surface area contributed by atoms with Gasteiger partial charge < -0.3 is 15.5 Å². The predicted molar refractivity (Wildman–Crippen MR) is 147 cm³/mol. The van der Waals surface area contributed by atoms with Gasteiger partial charge in [0.25, 0.3) is 0 Å². The number of amides is 1. The van der Waals surface area contributed by atoms with Crippen LogP contribution in [0.2, 0.25) is 0 Å². The normalized spacial score (nSPS) is 14.8. The van der Waals surface area contributed by atoms with Crippen LogP contribution in [0, 0.1) is 0 Å². The van der Waals surface area contributed by atoms with E-state index in [1.807, 2.05) is 4.90 Å². The number of nitrogens with zero attached hydrogens (tertiary/aromatic N) is 3. The van der Waals surface area contributed by atoms with Gasteiger partial charge in [0.15, 0.2) is 5.96 Å². The number of hydrogen-bond donors (Lipinski definition) is 2. The zero-order valence-electron chi connectivity index (χ0n) is 20.1. The maximum absolute atomic E-state index is 11.8. The van der Waals surface area contributed by atoms with Crippen LogP contribution in [0.1, 0.15) is 49.4 Å². The van der Waals surface area contributed by atoms with Crippen molar-refractivity contribution in [2.75, 3.05) is 33.2 Å². The third-order valence-electron chi connectivity index (χ3n) is 6.15. The SMILES string of the molecule is CCN(CC)C(CNC(=NC)NCc1ccc(CN2CCCC2=O)cc1)c1ccccc1.I. The number of halogens is 1. The summed E-state index contributed by atoms with van der Waals surface area (Å²) in [7, 11) is 1.81. The molecule has 1 aliphatic heterocycles. The van der Waals surface area contributed by atoms with Crippen LogP contribution in [-0.2, 0) is 17.9 Å². The average molecular weight is 564 g/mol. The van der Waals surface area contributed by atoms with Crippen LogP contribution in [0.5, 0.6) is 0 Å². The summed E-state index contributed by atoms with van der Waals surface area (Å²) in [6.07, 6.45) is 1.67. The third kappa shape index (κ3) is 7.99. The zero-order chi connectivity index (χ0) is 22.8. The largest absolute Gasteiger partial charge is 0.354 e. The third-order valence-corrected chi connectivity index (χ3v) is 6.15. The Kier molecular flexibility index (Phi) is 11.7. The number of aliphatic imine (C=N–C) groups is 1. The minimum atomic E-state index is 0. The molecule has 0 bridgehead atoms. The van der Waals surface area contributed by atoms with Crippen molar-refractivity contribution in [2.24, 2.45) is 4.99 Å². The summed E-state index contributed by atoms with van der Waals surface area (Å²) >= 11 is 0. The molecule has 2 aromatic rings. The standard InChI is InChI=1S/C26H37N5O.HI/c1-4-30(5-2)24(23-10-7-6-8-11-23)19-29-26(27-3)28-18-21-13-15-22(16-14-21)20-31-17-9-12-25(31)32;/h6-8,10-11,13-16,24H,4-5,9,12,17-20H2,1-3H3,(H2,27,28,29);1H. The smallest absolute Gasteiger partial charge is 0.222 e. The lowest BCUT2D eigenvalue weighted by Crippen LogP contribution is -2.43. The van der Waals surface area contributed by atoms with E-state index in [1.54, 1.807) is 7.05 Å². The second-order valence-electron chi connectivity index (χ2n) is 8.19. The number of likely N-dealkylation sites (tertiary alicyclic amines) is 1. The fourth-order valence-electron chi connectivity index (χ4n) is 4.25. The summed E-state index contributed by atoms with van der Waals surface area (Å²) in [5, 5.41) is 6.93. The number of rotatable bonds is 10. The maximum atomic E-state index is 11.8. The Morgan fingerprint density at radius 1 is 1.03 bits per heavy atom. The van der Waals surface area contributed by atoms with Crippen molar-refractivity contribution >= 4 is 35.8 Å². The molecule has 7 heteroatoms. The van der Waals surface area contributed by atoms with Crippen molar-refractivity contribution in [1.82, 2.24) is 20.4 Å². The summed E-state index contributed by atoms with van der Waals surface area (Å²) in [6.45, 7) is 9.48. The van der Waals surface area contributed by atoms with Gasteiger partial charge in [0.2, 0.25) is 5.91 Å². The second-order valence-corrected chi connectivity index (χ2v) is 8.19. The molecule has 0 radical (unpaired) electrons. The number of likely N-dealkylation sites (N-methyl/N-ethyl adjacent to an activating group) is 1. The van der Waals surface area contributed by atoms with E-state index in [-0.39, 0.29) is 35.9 Å². The second kappa shape index (κ2) is 14.2. The van der Waals surface area contributed by atoms with Gasteiger partial charge >= 0.3 is 0 Å². The van der Waals surface area contributed by atoms with Gasteiger partial charge in [-0.15, -0.1) is 24.0 Å². The first-order chi connectivity index (χ1) is 15.6. The van der Waals surface area contributed by atoms with Crippen molar-refractivity contribution in [1.29, 1.82) is 0 Å². The Labute approximate surface area is 215 Å². The lowest BCUT2D eigenvalue weighted by atomic mass is 10.1. The van der Waals surface area contributed by atoms with E-state index < -0.39 is 0 Å². The van der Waals surface area contributed by atoms with Crippen LogP contribution in [0.15, 0.2) is 59.6 Å². The monoisotopic (exact) mass is 563 g/mol. The molecular formula is C26H38IN5O. The van der Waals surface area contributed by atoms with Gasteiger partial charge in [0.1, 0.15) is 0 Å². The highest BCUT2D eigenvalue weighted by Crippen LogP contribution is 2.19. The lowest BCUT2D eigenvalue weighted by molar-refractivity contribution is -0.128. The number of benzene rings is 2. The Bertz CT molecular complexity index is 868. The molecular weight excluding hydrogens is 525 g/mol. The molecule has 0 saturated carbocycles. The van der Waals surface area contributed by atoms with E-state index in [2.05, 4.69) is 89.0 Å². The fourth-order valence-corrected chi connectivity index (χ4v) is 4.25. The first kappa shape index (κ1) is 27.1. The van der Waals surface area contributed by atoms with E-state index in [4.69, 9.17) is 0 Å². The topological polar surface area (TPSA) is 60.0 Å². The van der Waals surface area contributed by atoms with Gasteiger partial charge in [-0.05, 0) is 36.2 Å². The Morgan fingerprint density at radius 2 is 1.70 bits per heavy atom. The van der Waals surface area contributed by atoms with Gasteiger partial charge in [-0.25, -0.2) is 0 Å². The van der Waals surface area contributed by atoms with E-state index in [1.165, 1.54) is 16.7 Å². The van der Waals surface area contributed by atoms with Gasteiger partial charge in [-0.2, -0.15) is 0 Å². The van der Waals surface area contributed by atoms with Crippen molar-refractivity contribution in [3.05, 3.63) is 71.3 Å². The number of guanidine groups is 1. The molecule has 1 unspecified atom stereocenters. The summed E-state index contributed by atoms with van der Waals surface area (Å²) in [5.74, 6) is 1.06. The molecule has 33 heavy (non-hydrogen) atoms. The Morgan fingerprint density at radius 3 is 2.27 bits per heavy atom. The van der Waals surface area contributed by atoms with E-state index >= 15 is 0 Å². The van der Waals surface area contributed by atoms with Crippen LogP contribution in [0.4, 0.5) is 0 Å². The van der Waals surface area contributed by atoms with Crippen LogP contribution in [0.3, 0.4) is 0 Å². The zero-order valence-corrected chi connectivity index (χ0v) is 22.4. The molecule has 0 spiro atoms. The van der Waals surface area contributed by atoms with Crippen LogP contribution in [0.25, 0.3) is 0 Å². The van der Waals surface area contributed by atoms with Crippen molar-refractivity contribution in [2.45, 2.75) is 45.8 Å².